The van der Waals surface area contributed by atoms with E-state index in [1.165, 1.54) is 17.8 Å². The van der Waals surface area contributed by atoms with Crippen molar-refractivity contribution in [2.45, 2.75) is 51.2 Å². The molecule has 0 radical (unpaired) electrons. The predicted molar refractivity (Wildman–Crippen MR) is 106 cm³/mol. The average molecular weight is 461 g/mol. The van der Waals surface area contributed by atoms with Gasteiger partial charge in [0.25, 0.3) is 15.7 Å². The summed E-state index contributed by atoms with van der Waals surface area (Å²) in [5.74, 6) is -0.254. The van der Waals surface area contributed by atoms with E-state index in [4.69, 9.17) is 18.2 Å². The SMILES string of the molecule is CC[C@@]1(COS(C)(=O)=O)O[C@@H](n2cnc3c(=O)[nH]c(C)nc32)[C@@H](OC(C)=O)[C@@H]1O[PH-]. The van der Waals surface area contributed by atoms with E-state index in [0.29, 0.717) is 5.82 Å². The van der Waals surface area contributed by atoms with Crippen molar-refractivity contribution < 1.29 is 31.4 Å². The third-order valence-electron chi connectivity index (χ3n) is 4.82. The molecule has 1 fully saturated rings. The van der Waals surface area contributed by atoms with Gasteiger partial charge in [-0.15, -0.1) is 0 Å². The van der Waals surface area contributed by atoms with Crippen LogP contribution in [-0.4, -0.2) is 64.6 Å². The van der Waals surface area contributed by atoms with Crippen LogP contribution in [0.4, 0.5) is 0 Å². The minimum atomic E-state index is -3.79. The van der Waals surface area contributed by atoms with Crippen LogP contribution in [0.5, 0.6) is 0 Å². The highest BCUT2D eigenvalue weighted by Gasteiger charge is 2.57. The summed E-state index contributed by atoms with van der Waals surface area (Å²) < 4.78 is 46.6. The molecule has 1 N–H and O–H groups in total. The van der Waals surface area contributed by atoms with Gasteiger partial charge in [0, 0.05) is 6.92 Å². The zero-order chi connectivity index (χ0) is 22.3. The fraction of sp³-hybridized carbons (Fsp3) is 0.625. The summed E-state index contributed by atoms with van der Waals surface area (Å²) in [5, 5.41) is 0. The predicted octanol–water partition coefficient (Wildman–Crippen LogP) is 0.457. The van der Waals surface area contributed by atoms with E-state index in [1.807, 2.05) is 0 Å². The molecule has 0 unspecified atom stereocenters. The number of carbonyl (C=O) groups is 1. The Morgan fingerprint density at radius 3 is 2.73 bits per heavy atom. The molecule has 1 aliphatic heterocycles. The van der Waals surface area contributed by atoms with E-state index in [-0.39, 0.29) is 24.2 Å². The molecule has 1 aliphatic rings. The van der Waals surface area contributed by atoms with Crippen LogP contribution >= 0.6 is 9.47 Å². The lowest BCUT2D eigenvalue weighted by atomic mass is 9.93. The van der Waals surface area contributed by atoms with Gasteiger partial charge >= 0.3 is 5.97 Å². The standard InChI is InChI=1S/C16H22N4O8PS/c1-5-16(6-25-30(4,23)24)12(28-29)11(26-9(3)21)15(27-16)20-7-17-10-13(20)18-8(2)19-14(10)22/h7,11-12,15,29H,5-6H2,1-4H3,(H,18,19,22)/q-1/t11-,12-,15+,16-/m0/s1. The molecule has 0 aromatic carbocycles. The number of aromatic nitrogens is 4. The molecular weight excluding hydrogens is 439 g/mol. The molecule has 0 aliphatic carbocycles. The second-order valence-electron chi connectivity index (χ2n) is 6.98. The average Bonchev–Trinajstić information content (AvgIpc) is 3.18. The van der Waals surface area contributed by atoms with E-state index in [1.54, 1.807) is 13.8 Å². The van der Waals surface area contributed by atoms with Gasteiger partial charge in [-0.05, 0) is 13.3 Å². The number of hydrogen-bond donors (Lipinski definition) is 1. The monoisotopic (exact) mass is 461 g/mol. The lowest BCUT2D eigenvalue weighted by Crippen LogP contribution is -2.48. The molecule has 14 heteroatoms. The third kappa shape index (κ3) is 4.26. The Morgan fingerprint density at radius 2 is 2.17 bits per heavy atom. The lowest BCUT2D eigenvalue weighted by Gasteiger charge is -2.35. The van der Waals surface area contributed by atoms with Crippen molar-refractivity contribution in [1.82, 2.24) is 19.5 Å². The van der Waals surface area contributed by atoms with Crippen LogP contribution in [-0.2, 0) is 33.1 Å². The van der Waals surface area contributed by atoms with Crippen LogP contribution in [0.15, 0.2) is 11.1 Å². The Bertz CT molecular complexity index is 1120. The van der Waals surface area contributed by atoms with E-state index in [0.717, 1.165) is 6.26 Å². The third-order valence-corrected chi connectivity index (χ3v) is 5.62. The number of ether oxygens (including phenoxy) is 2. The van der Waals surface area contributed by atoms with Crippen molar-refractivity contribution >= 4 is 36.7 Å². The number of carbonyl (C=O) groups excluding carboxylic acids is 1. The Kier molecular flexibility index (Phi) is 6.30. The number of aromatic amines is 1. The second kappa shape index (κ2) is 8.31. The smallest absolute Gasteiger partial charge is 0.303 e. The summed E-state index contributed by atoms with van der Waals surface area (Å²) in [7, 11) is -0.793. The highest BCUT2D eigenvalue weighted by atomic mass is 32.2. The van der Waals surface area contributed by atoms with Crippen molar-refractivity contribution in [2.24, 2.45) is 0 Å². The van der Waals surface area contributed by atoms with Crippen LogP contribution in [0.25, 0.3) is 11.2 Å². The fourth-order valence-electron chi connectivity index (χ4n) is 3.46. The Hall–Kier alpha value is -1.92. The molecule has 0 saturated carbocycles. The Balaban J connectivity index is 2.12. The van der Waals surface area contributed by atoms with Gasteiger partial charge in [0.15, 0.2) is 23.5 Å². The van der Waals surface area contributed by atoms with Gasteiger partial charge in [-0.25, -0.2) is 9.97 Å². The summed E-state index contributed by atoms with van der Waals surface area (Å²) in [5.41, 5.74) is -1.46. The van der Waals surface area contributed by atoms with E-state index < -0.39 is 45.7 Å². The lowest BCUT2D eigenvalue weighted by molar-refractivity contribution is -0.155. The number of esters is 1. The largest absolute Gasteiger partial charge is 0.554 e. The Morgan fingerprint density at radius 1 is 1.47 bits per heavy atom. The first kappa shape index (κ1) is 22.8. The summed E-state index contributed by atoms with van der Waals surface area (Å²) in [6.45, 7) is 4.19. The zero-order valence-corrected chi connectivity index (χ0v) is 18.6. The van der Waals surface area contributed by atoms with Crippen molar-refractivity contribution in [3.05, 3.63) is 22.5 Å². The summed E-state index contributed by atoms with van der Waals surface area (Å²) >= 11 is 0. The highest BCUT2D eigenvalue weighted by Crippen LogP contribution is 2.44. The molecular formula is C16H22N4O8PS-. The fourth-order valence-corrected chi connectivity index (χ4v) is 4.22. The highest BCUT2D eigenvalue weighted by molar-refractivity contribution is 7.85. The maximum Gasteiger partial charge on any atom is 0.303 e. The number of hydrogen-bond acceptors (Lipinski definition) is 10. The first-order valence-corrected chi connectivity index (χ1v) is 11.2. The molecule has 4 atom stereocenters. The number of nitrogens with zero attached hydrogens (tertiary/aromatic N) is 3. The zero-order valence-electron chi connectivity index (χ0n) is 16.7. The van der Waals surface area contributed by atoms with Crippen molar-refractivity contribution in [3.8, 4) is 0 Å². The molecule has 0 bridgehead atoms. The number of aryl methyl sites for hydroxylation is 1. The maximum atomic E-state index is 12.2. The van der Waals surface area contributed by atoms with E-state index >= 15 is 0 Å². The van der Waals surface area contributed by atoms with Crippen LogP contribution in [0.1, 0.15) is 32.3 Å². The molecule has 2 aromatic heterocycles. The topological polar surface area (TPSA) is 152 Å². The van der Waals surface area contributed by atoms with Crippen LogP contribution in [0, 0.1) is 6.92 Å². The molecule has 0 amide bonds. The molecule has 3 rings (SSSR count). The van der Waals surface area contributed by atoms with E-state index in [9.17, 15) is 18.0 Å². The first-order chi connectivity index (χ1) is 14.0. The minimum Gasteiger partial charge on any atom is -0.554 e. The van der Waals surface area contributed by atoms with E-state index in [2.05, 4.69) is 24.4 Å². The van der Waals surface area contributed by atoms with Gasteiger partial charge in [0.2, 0.25) is 0 Å². The van der Waals surface area contributed by atoms with Gasteiger partial charge in [-0.1, -0.05) is 6.92 Å². The molecule has 1 saturated heterocycles. The van der Waals surface area contributed by atoms with Gasteiger partial charge < -0.3 is 28.4 Å². The molecule has 2 aromatic rings. The summed E-state index contributed by atoms with van der Waals surface area (Å²) in [4.78, 5) is 34.9. The molecule has 3 heterocycles. The number of H-pyrrole nitrogens is 1. The van der Waals surface area contributed by atoms with Crippen LogP contribution in [0.2, 0.25) is 0 Å². The number of fused-ring (bicyclic) bond motifs is 1. The maximum absolute atomic E-state index is 12.2. The second-order valence-corrected chi connectivity index (χ2v) is 8.86. The van der Waals surface area contributed by atoms with Crippen molar-refractivity contribution in [3.63, 3.8) is 0 Å². The van der Waals surface area contributed by atoms with Gasteiger partial charge in [-0.2, -0.15) is 8.42 Å². The molecule has 30 heavy (non-hydrogen) atoms. The van der Waals surface area contributed by atoms with Gasteiger partial charge in [-0.3, -0.25) is 18.3 Å². The normalized spacial score (nSPS) is 26.9. The number of imidazole rings is 1. The van der Waals surface area contributed by atoms with Crippen LogP contribution < -0.4 is 5.56 Å². The molecule has 166 valence electrons. The molecule has 12 nitrogen and oxygen atoms in total. The number of nitrogens with one attached hydrogen (secondary N) is 1. The molecule has 0 spiro atoms. The summed E-state index contributed by atoms with van der Waals surface area (Å²) in [6, 6.07) is 0. The van der Waals surface area contributed by atoms with Crippen molar-refractivity contribution in [2.75, 3.05) is 12.9 Å². The minimum absolute atomic E-state index is 0.0722. The summed E-state index contributed by atoms with van der Waals surface area (Å²) in [6.07, 6.45) is -0.486. The van der Waals surface area contributed by atoms with Crippen LogP contribution in [0.3, 0.4) is 0 Å². The number of rotatable bonds is 7. The van der Waals surface area contributed by atoms with Gasteiger partial charge in [0.05, 0.1) is 25.3 Å². The quantitative estimate of drug-likeness (QED) is 0.350. The van der Waals surface area contributed by atoms with Gasteiger partial charge in [0.1, 0.15) is 11.4 Å². The first-order valence-electron chi connectivity index (χ1n) is 8.96. The Labute approximate surface area is 174 Å². The van der Waals surface area contributed by atoms with Crippen molar-refractivity contribution in [1.29, 1.82) is 0 Å².